The topological polar surface area (TPSA) is 143 Å². The van der Waals surface area contributed by atoms with Crippen LogP contribution in [0.15, 0.2) is 60.9 Å². The van der Waals surface area contributed by atoms with Gasteiger partial charge in [-0.25, -0.2) is 14.8 Å². The third-order valence-electron chi connectivity index (χ3n) is 6.10. The Morgan fingerprint density at radius 1 is 0.973 bits per heavy atom. The number of benzene rings is 2. The molecule has 11 nitrogen and oxygen atoms in total. The van der Waals surface area contributed by atoms with Gasteiger partial charge in [-0.15, -0.1) is 0 Å². The highest BCUT2D eigenvalue weighted by Crippen LogP contribution is 2.29. The summed E-state index contributed by atoms with van der Waals surface area (Å²) in [7, 11) is 1.41. The molecular formula is C26H26N4O7. The predicted octanol–water partition coefficient (Wildman–Crippen LogP) is 5.16. The summed E-state index contributed by atoms with van der Waals surface area (Å²) >= 11 is 0. The predicted molar refractivity (Wildman–Crippen MR) is 133 cm³/mol. The van der Waals surface area contributed by atoms with Crippen molar-refractivity contribution >= 4 is 23.4 Å². The summed E-state index contributed by atoms with van der Waals surface area (Å²) in [4.78, 5) is 42.4. The Morgan fingerprint density at radius 2 is 1.62 bits per heavy atom. The van der Waals surface area contributed by atoms with Crippen LogP contribution < -0.4 is 14.8 Å². The number of ether oxygens (including phenoxy) is 3. The van der Waals surface area contributed by atoms with Crippen molar-refractivity contribution in [3.63, 3.8) is 0 Å². The number of rotatable bonds is 8. The van der Waals surface area contributed by atoms with Crippen LogP contribution in [0.3, 0.4) is 0 Å². The number of methoxy groups -OCH3 is 1. The number of carbonyl (C=O) groups excluding carboxylic acids is 2. The van der Waals surface area contributed by atoms with Crippen LogP contribution in [0.1, 0.15) is 32.1 Å². The van der Waals surface area contributed by atoms with Crippen LogP contribution in [-0.4, -0.2) is 40.2 Å². The number of esters is 1. The maximum Gasteiger partial charge on any atom is 0.417 e. The van der Waals surface area contributed by atoms with Crippen LogP contribution in [0, 0.1) is 16.0 Å². The van der Waals surface area contributed by atoms with Gasteiger partial charge in [0, 0.05) is 42.2 Å². The first-order valence-corrected chi connectivity index (χ1v) is 11.8. The SMILES string of the molecule is COC(=O)CC1CCC(Oc2ncc(-c3ccc(NC(=O)Oc4ccc([N+](=O)[O-])cc4)cc3)cn2)CC1. The number of non-ortho nitro benzene ring substituents is 1. The molecule has 1 aliphatic rings. The van der Waals surface area contributed by atoms with Crippen molar-refractivity contribution in [1.29, 1.82) is 0 Å². The third-order valence-corrected chi connectivity index (χ3v) is 6.10. The quantitative estimate of drug-likeness (QED) is 0.249. The lowest BCUT2D eigenvalue weighted by Gasteiger charge is -2.27. The smallest absolute Gasteiger partial charge is 0.417 e. The number of amides is 1. The molecule has 0 bridgehead atoms. The van der Waals surface area contributed by atoms with Gasteiger partial charge in [-0.3, -0.25) is 20.2 Å². The van der Waals surface area contributed by atoms with E-state index in [0.717, 1.165) is 36.8 Å². The monoisotopic (exact) mass is 506 g/mol. The lowest BCUT2D eigenvalue weighted by molar-refractivity contribution is -0.384. The van der Waals surface area contributed by atoms with Crippen molar-refractivity contribution < 1.29 is 28.7 Å². The molecule has 1 N–H and O–H groups in total. The first-order valence-electron chi connectivity index (χ1n) is 11.8. The standard InChI is InChI=1S/C26H26N4O7/c1-35-24(31)14-17-2-10-22(11-3-17)36-25-27-15-19(16-28-25)18-4-6-20(7-5-18)29-26(32)37-23-12-8-21(9-13-23)30(33)34/h4-9,12-13,15-17,22H,2-3,10-11,14H2,1H3,(H,29,32). The summed E-state index contributed by atoms with van der Waals surface area (Å²) in [5, 5.41) is 13.3. The molecule has 11 heteroatoms. The van der Waals surface area contributed by atoms with E-state index < -0.39 is 11.0 Å². The molecule has 0 aliphatic heterocycles. The second-order valence-corrected chi connectivity index (χ2v) is 8.64. The second kappa shape index (κ2) is 11.9. The van der Waals surface area contributed by atoms with Crippen LogP contribution >= 0.6 is 0 Å². The Labute approximate surface area is 212 Å². The molecule has 0 atom stereocenters. The zero-order valence-electron chi connectivity index (χ0n) is 20.2. The van der Waals surface area contributed by atoms with Gasteiger partial charge in [0.1, 0.15) is 11.9 Å². The lowest BCUT2D eigenvalue weighted by Crippen LogP contribution is -2.26. The number of nitro benzene ring substituents is 1. The molecule has 1 aliphatic carbocycles. The van der Waals surface area contributed by atoms with Crippen LogP contribution in [0.5, 0.6) is 11.8 Å². The Hall–Kier alpha value is -4.54. The van der Waals surface area contributed by atoms with Crippen LogP contribution in [-0.2, 0) is 9.53 Å². The molecule has 0 saturated heterocycles. The number of aromatic nitrogens is 2. The van der Waals surface area contributed by atoms with E-state index >= 15 is 0 Å². The van der Waals surface area contributed by atoms with E-state index in [4.69, 9.17) is 14.2 Å². The van der Waals surface area contributed by atoms with Gasteiger partial charge in [0.25, 0.3) is 5.69 Å². The minimum Gasteiger partial charge on any atom is -0.469 e. The van der Waals surface area contributed by atoms with Gasteiger partial charge in [0.2, 0.25) is 0 Å². The van der Waals surface area contributed by atoms with E-state index in [-0.39, 0.29) is 23.5 Å². The van der Waals surface area contributed by atoms with E-state index in [2.05, 4.69) is 15.3 Å². The maximum atomic E-state index is 12.1. The first kappa shape index (κ1) is 25.5. The van der Waals surface area contributed by atoms with Gasteiger partial charge in [0.05, 0.1) is 12.0 Å². The van der Waals surface area contributed by atoms with E-state index in [1.165, 1.54) is 31.4 Å². The van der Waals surface area contributed by atoms with Gasteiger partial charge in [-0.05, 0) is 61.4 Å². The van der Waals surface area contributed by atoms with Crippen molar-refractivity contribution in [2.45, 2.75) is 38.2 Å². The first-order chi connectivity index (χ1) is 17.9. The van der Waals surface area contributed by atoms with E-state index in [1.54, 1.807) is 24.5 Å². The molecule has 0 radical (unpaired) electrons. The van der Waals surface area contributed by atoms with E-state index in [1.807, 2.05) is 12.1 Å². The van der Waals surface area contributed by atoms with Crippen molar-refractivity contribution in [3.05, 3.63) is 71.0 Å². The summed E-state index contributed by atoms with van der Waals surface area (Å²) in [6.07, 6.45) is 6.60. The molecule has 1 heterocycles. The Kier molecular flexibility index (Phi) is 8.24. The molecule has 37 heavy (non-hydrogen) atoms. The highest BCUT2D eigenvalue weighted by atomic mass is 16.6. The molecule has 0 spiro atoms. The fraction of sp³-hybridized carbons (Fsp3) is 0.308. The number of anilines is 1. The fourth-order valence-corrected chi connectivity index (χ4v) is 4.08. The van der Waals surface area contributed by atoms with Gasteiger partial charge >= 0.3 is 18.1 Å². The van der Waals surface area contributed by atoms with Crippen molar-refractivity contribution in [2.75, 3.05) is 12.4 Å². The summed E-state index contributed by atoms with van der Waals surface area (Å²) in [6, 6.07) is 12.6. The Morgan fingerprint density at radius 3 is 2.22 bits per heavy atom. The molecule has 1 fully saturated rings. The van der Waals surface area contributed by atoms with Gasteiger partial charge in [0.15, 0.2) is 0 Å². The minimum atomic E-state index is -0.717. The second-order valence-electron chi connectivity index (χ2n) is 8.64. The van der Waals surface area contributed by atoms with Crippen LogP contribution in [0.25, 0.3) is 11.1 Å². The highest BCUT2D eigenvalue weighted by molar-refractivity contribution is 5.86. The summed E-state index contributed by atoms with van der Waals surface area (Å²) in [6.45, 7) is 0. The van der Waals surface area contributed by atoms with Gasteiger partial charge < -0.3 is 14.2 Å². The van der Waals surface area contributed by atoms with Gasteiger partial charge in [-0.1, -0.05) is 12.1 Å². The number of nitro groups is 1. The molecule has 1 amide bonds. The number of hydrogen-bond donors (Lipinski definition) is 1. The minimum absolute atomic E-state index is 0.0239. The summed E-state index contributed by atoms with van der Waals surface area (Å²) < 4.78 is 15.8. The van der Waals surface area contributed by atoms with E-state index in [0.29, 0.717) is 24.0 Å². The molecule has 192 valence electrons. The molecular weight excluding hydrogens is 480 g/mol. The Balaban J connectivity index is 1.26. The molecule has 1 saturated carbocycles. The van der Waals surface area contributed by atoms with Crippen LogP contribution in [0.4, 0.5) is 16.2 Å². The highest BCUT2D eigenvalue weighted by Gasteiger charge is 2.25. The van der Waals surface area contributed by atoms with Crippen molar-refractivity contribution in [1.82, 2.24) is 9.97 Å². The molecule has 4 rings (SSSR count). The number of nitrogens with zero attached hydrogens (tertiary/aromatic N) is 3. The number of hydrogen-bond acceptors (Lipinski definition) is 9. The fourth-order valence-electron chi connectivity index (χ4n) is 4.08. The number of nitrogens with one attached hydrogen (secondary N) is 1. The number of carbonyl (C=O) groups is 2. The molecule has 0 unspecified atom stereocenters. The summed E-state index contributed by atoms with van der Waals surface area (Å²) in [5.41, 5.74) is 2.06. The molecule has 2 aromatic carbocycles. The zero-order valence-corrected chi connectivity index (χ0v) is 20.2. The maximum absolute atomic E-state index is 12.1. The lowest BCUT2D eigenvalue weighted by atomic mass is 9.85. The zero-order chi connectivity index (χ0) is 26.2. The normalized spacial score (nSPS) is 16.9. The Bertz CT molecular complexity index is 1220. The van der Waals surface area contributed by atoms with Crippen molar-refractivity contribution in [3.8, 4) is 22.9 Å². The average molecular weight is 507 g/mol. The largest absolute Gasteiger partial charge is 0.469 e. The molecule has 1 aromatic heterocycles. The van der Waals surface area contributed by atoms with E-state index in [9.17, 15) is 19.7 Å². The van der Waals surface area contributed by atoms with Crippen molar-refractivity contribution in [2.24, 2.45) is 5.92 Å². The average Bonchev–Trinajstić information content (AvgIpc) is 2.91. The molecule has 3 aromatic rings. The van der Waals surface area contributed by atoms with Crippen LogP contribution in [0.2, 0.25) is 0 Å². The third kappa shape index (κ3) is 7.23. The summed E-state index contributed by atoms with van der Waals surface area (Å²) in [5.74, 6) is 0.347. The van der Waals surface area contributed by atoms with Gasteiger partial charge in [-0.2, -0.15) is 0 Å².